The summed E-state index contributed by atoms with van der Waals surface area (Å²) in [4.78, 5) is 12.2. The van der Waals surface area contributed by atoms with Crippen LogP contribution in [0.4, 0.5) is 0 Å². The number of benzene rings is 1. The number of carbonyl (C=O) groups excluding carboxylic acids is 1. The summed E-state index contributed by atoms with van der Waals surface area (Å²) in [6.45, 7) is 0. The van der Waals surface area contributed by atoms with E-state index in [4.69, 9.17) is 11.6 Å². The normalized spacial score (nSPS) is 22.9. The number of rotatable bonds is 2. The predicted octanol–water partition coefficient (Wildman–Crippen LogP) is 2.67. The van der Waals surface area contributed by atoms with E-state index in [1.54, 1.807) is 0 Å². The molecule has 1 fully saturated rings. The average molecular weight is 298 g/mol. The van der Waals surface area contributed by atoms with Gasteiger partial charge in [-0.3, -0.25) is 4.79 Å². The third kappa shape index (κ3) is 3.30. The van der Waals surface area contributed by atoms with Gasteiger partial charge >= 0.3 is 29.6 Å². The summed E-state index contributed by atoms with van der Waals surface area (Å²) in [6.07, 6.45) is 3.54. The van der Waals surface area contributed by atoms with E-state index in [1.807, 2.05) is 31.3 Å². The van der Waals surface area contributed by atoms with Gasteiger partial charge in [-0.2, -0.15) is 0 Å². The van der Waals surface area contributed by atoms with Crippen LogP contribution in [0, 0.1) is 0 Å². The van der Waals surface area contributed by atoms with Crippen molar-refractivity contribution in [2.24, 2.45) is 0 Å². The topological polar surface area (TPSA) is 29.1 Å². The number of carbonyl (C=O) groups is 1. The molecule has 1 saturated carbocycles. The first kappa shape index (κ1) is 18.4. The van der Waals surface area contributed by atoms with Crippen LogP contribution in [-0.2, 0) is 10.3 Å². The third-order valence-electron chi connectivity index (χ3n) is 3.44. The molecule has 5 heteroatoms. The molecule has 0 aliphatic heterocycles. The minimum absolute atomic E-state index is 0. The Morgan fingerprint density at radius 1 is 1.28 bits per heavy atom. The molecule has 1 aliphatic carbocycles. The Hall–Kier alpha value is 0.430. The molecule has 1 aromatic carbocycles. The maximum atomic E-state index is 12.2. The van der Waals surface area contributed by atoms with Gasteiger partial charge in [0.05, 0.1) is 0 Å². The molecule has 0 radical (unpaired) electrons. The molecule has 0 saturated heterocycles. The molecular formula is C13H18Cl2NNaO. The molecular weight excluding hydrogens is 280 g/mol. The van der Waals surface area contributed by atoms with Gasteiger partial charge in [-0.25, -0.2) is 0 Å². The van der Waals surface area contributed by atoms with Gasteiger partial charge < -0.3 is 5.32 Å². The van der Waals surface area contributed by atoms with Crippen LogP contribution in [0.5, 0.6) is 0 Å². The van der Waals surface area contributed by atoms with Crippen molar-refractivity contribution in [2.75, 3.05) is 7.05 Å². The molecule has 0 bridgehead atoms. The zero-order chi connectivity index (χ0) is 11.6. The van der Waals surface area contributed by atoms with E-state index in [2.05, 4.69) is 5.32 Å². The van der Waals surface area contributed by atoms with Gasteiger partial charge in [0.15, 0.2) is 5.78 Å². The first-order chi connectivity index (χ1) is 7.70. The van der Waals surface area contributed by atoms with Crippen molar-refractivity contribution in [2.45, 2.75) is 31.2 Å². The number of hydrogen-bond donors (Lipinski definition) is 1. The molecule has 0 heterocycles. The van der Waals surface area contributed by atoms with Crippen LogP contribution in [-0.4, -0.2) is 42.4 Å². The quantitative estimate of drug-likeness (QED) is 0.851. The summed E-state index contributed by atoms with van der Waals surface area (Å²) in [5.74, 6) is 0.259. The van der Waals surface area contributed by atoms with Crippen LogP contribution in [0.2, 0.25) is 5.02 Å². The Morgan fingerprint density at radius 3 is 2.50 bits per heavy atom. The zero-order valence-corrected chi connectivity index (χ0v) is 11.4. The van der Waals surface area contributed by atoms with Crippen LogP contribution in [0.1, 0.15) is 31.2 Å². The first-order valence-corrected chi connectivity index (χ1v) is 6.06. The fourth-order valence-corrected chi connectivity index (χ4v) is 2.82. The second-order valence-corrected chi connectivity index (χ2v) is 4.67. The molecule has 0 spiro atoms. The van der Waals surface area contributed by atoms with Crippen molar-refractivity contribution < 1.29 is 4.79 Å². The van der Waals surface area contributed by atoms with Gasteiger partial charge in [0.2, 0.25) is 0 Å². The first-order valence-electron chi connectivity index (χ1n) is 5.68. The van der Waals surface area contributed by atoms with Gasteiger partial charge in [0.1, 0.15) is 5.54 Å². The summed E-state index contributed by atoms with van der Waals surface area (Å²) in [7, 11) is 1.84. The Labute approximate surface area is 142 Å². The van der Waals surface area contributed by atoms with Crippen molar-refractivity contribution >= 4 is 59.3 Å². The Balaban J connectivity index is 0.00000144. The molecule has 1 atom stereocenters. The fourth-order valence-electron chi connectivity index (χ4n) is 2.52. The van der Waals surface area contributed by atoms with E-state index in [1.165, 1.54) is 0 Å². The molecule has 0 amide bonds. The number of ketones is 1. The molecule has 1 aromatic rings. The summed E-state index contributed by atoms with van der Waals surface area (Å²) in [6, 6.07) is 7.62. The van der Waals surface area contributed by atoms with Crippen molar-refractivity contribution in [3.05, 3.63) is 34.9 Å². The van der Waals surface area contributed by atoms with E-state index in [0.29, 0.717) is 11.4 Å². The monoisotopic (exact) mass is 297 g/mol. The van der Waals surface area contributed by atoms with Gasteiger partial charge in [-0.05, 0) is 31.5 Å². The second-order valence-electron chi connectivity index (χ2n) is 4.27. The van der Waals surface area contributed by atoms with Crippen molar-refractivity contribution in [1.29, 1.82) is 0 Å². The minimum atomic E-state index is -0.559. The Morgan fingerprint density at radius 2 is 1.94 bits per heavy atom. The number of likely N-dealkylation sites (N-methyl/N-ethyl adjacent to an activating group) is 1. The Kier molecular flexibility index (Phi) is 8.07. The van der Waals surface area contributed by atoms with E-state index >= 15 is 0 Å². The van der Waals surface area contributed by atoms with Crippen LogP contribution in [0.15, 0.2) is 24.3 Å². The predicted molar refractivity (Wildman–Crippen MR) is 80.1 cm³/mol. The summed E-state index contributed by atoms with van der Waals surface area (Å²) in [5.41, 5.74) is 0.361. The van der Waals surface area contributed by atoms with Gasteiger partial charge in [0, 0.05) is 11.4 Å². The summed E-state index contributed by atoms with van der Waals surface area (Å²) < 4.78 is 0. The van der Waals surface area contributed by atoms with Crippen LogP contribution < -0.4 is 5.32 Å². The number of hydrogen-bond acceptors (Lipinski definition) is 2. The molecule has 2 rings (SSSR count). The number of Topliss-reactive ketones (excluding diaryl/α,β-unsaturated/α-hetero) is 1. The number of nitrogens with one attached hydrogen (secondary N) is 1. The molecule has 1 aliphatic rings. The van der Waals surface area contributed by atoms with Gasteiger partial charge in [-0.15, -0.1) is 12.4 Å². The van der Waals surface area contributed by atoms with E-state index < -0.39 is 5.54 Å². The molecule has 1 N–H and O–H groups in total. The molecule has 2 nitrogen and oxygen atoms in total. The SMILES string of the molecule is CNC1(c2ccccc2Cl)CCCCC1=O.Cl.[NaH]. The third-order valence-corrected chi connectivity index (χ3v) is 3.77. The van der Waals surface area contributed by atoms with Crippen LogP contribution in [0.25, 0.3) is 0 Å². The standard InChI is InChI=1S/C13H16ClNO.ClH.Na.H/c1-15-13(9-5-4-8-12(13)16)10-6-2-3-7-11(10)14;;;/h2-3,6-7,15H,4-5,8-9H2,1H3;1H;;. The molecule has 18 heavy (non-hydrogen) atoms. The fraction of sp³-hybridized carbons (Fsp3) is 0.462. The summed E-state index contributed by atoms with van der Waals surface area (Å²) in [5, 5.41) is 3.86. The zero-order valence-electron chi connectivity index (χ0n) is 9.83. The van der Waals surface area contributed by atoms with E-state index in [0.717, 1.165) is 24.8 Å². The van der Waals surface area contributed by atoms with E-state index in [9.17, 15) is 4.79 Å². The van der Waals surface area contributed by atoms with Gasteiger partial charge in [-0.1, -0.05) is 36.2 Å². The molecule has 96 valence electrons. The molecule has 0 aromatic heterocycles. The van der Waals surface area contributed by atoms with Gasteiger partial charge in [0.25, 0.3) is 0 Å². The Bertz CT molecular complexity index is 414. The molecule has 1 unspecified atom stereocenters. The average Bonchev–Trinajstić information content (AvgIpc) is 2.31. The van der Waals surface area contributed by atoms with E-state index in [-0.39, 0.29) is 47.7 Å². The van der Waals surface area contributed by atoms with Crippen LogP contribution in [0.3, 0.4) is 0 Å². The maximum absolute atomic E-state index is 12.2. The van der Waals surface area contributed by atoms with Crippen molar-refractivity contribution in [3.8, 4) is 0 Å². The number of halogens is 2. The summed E-state index contributed by atoms with van der Waals surface area (Å²) >= 11 is 6.20. The second kappa shape index (κ2) is 7.88. The van der Waals surface area contributed by atoms with Crippen molar-refractivity contribution in [3.63, 3.8) is 0 Å². The van der Waals surface area contributed by atoms with Crippen LogP contribution >= 0.6 is 24.0 Å². The van der Waals surface area contributed by atoms with Crippen molar-refractivity contribution in [1.82, 2.24) is 5.32 Å².